The van der Waals surface area contributed by atoms with Gasteiger partial charge in [0.1, 0.15) is 12.4 Å². The highest BCUT2D eigenvalue weighted by Gasteiger charge is 2.21. The van der Waals surface area contributed by atoms with E-state index in [2.05, 4.69) is 58.2 Å². The lowest BCUT2D eigenvalue weighted by molar-refractivity contribution is -0.132. The molecule has 15 heteroatoms. The van der Waals surface area contributed by atoms with Crippen LogP contribution in [0, 0.1) is 5.82 Å². The molecule has 0 aliphatic carbocycles. The Balaban J connectivity index is 0.00000117. The number of benzene rings is 3. The Labute approximate surface area is 319 Å². The Morgan fingerprint density at radius 2 is 1.57 bits per heavy atom. The minimum Gasteiger partial charge on any atom is -0.336 e. The van der Waals surface area contributed by atoms with E-state index in [1.807, 2.05) is 36.1 Å². The van der Waals surface area contributed by atoms with Crippen molar-refractivity contribution >= 4 is 39.4 Å². The van der Waals surface area contributed by atoms with E-state index in [-0.39, 0.29) is 29.7 Å². The fraction of sp³-hybridized carbons (Fsp3) is 0.316. The van der Waals surface area contributed by atoms with Crippen LogP contribution in [-0.2, 0) is 33.8 Å². The number of nitrogens with one attached hydrogen (secondary N) is 1. The summed E-state index contributed by atoms with van der Waals surface area (Å²) in [5.74, 6) is -0.214. The molecule has 0 radical (unpaired) electrons. The Bertz CT molecular complexity index is 2070. The number of rotatable bonds is 15. The van der Waals surface area contributed by atoms with Gasteiger partial charge in [-0.25, -0.2) is 4.39 Å². The molecule has 1 amide bonds. The van der Waals surface area contributed by atoms with Gasteiger partial charge in [0, 0.05) is 54.3 Å². The van der Waals surface area contributed by atoms with Crippen molar-refractivity contribution < 1.29 is 22.2 Å². The predicted molar refractivity (Wildman–Crippen MR) is 208 cm³/mol. The summed E-state index contributed by atoms with van der Waals surface area (Å²) in [6.07, 6.45) is 5.91. The average molecular weight is 783 g/mol. The zero-order valence-electron chi connectivity index (χ0n) is 30.1. The van der Waals surface area contributed by atoms with Crippen molar-refractivity contribution in [1.82, 2.24) is 29.5 Å². The minimum absolute atomic E-state index is 0.00520. The Hall–Kier alpha value is -4.34. The van der Waals surface area contributed by atoms with Crippen molar-refractivity contribution in [2.75, 3.05) is 32.4 Å². The second kappa shape index (κ2) is 19.7. The molecule has 2 heterocycles. The number of aromatic nitrogens is 4. The first-order chi connectivity index (χ1) is 25.2. The molecule has 11 nitrogen and oxygen atoms in total. The molecule has 53 heavy (non-hydrogen) atoms. The Morgan fingerprint density at radius 1 is 0.981 bits per heavy atom. The van der Waals surface area contributed by atoms with E-state index < -0.39 is 10.1 Å². The van der Waals surface area contributed by atoms with Gasteiger partial charge in [0.05, 0.1) is 12.5 Å². The number of hydrogen-bond acceptors (Lipinski definition) is 8. The molecule has 282 valence electrons. The van der Waals surface area contributed by atoms with Crippen molar-refractivity contribution in [3.05, 3.63) is 135 Å². The SMILES string of the molecule is CCN(CC)CCN(Cc1ccc(-c2ccc(Cl)cc2)cc1)C(=O)Cn1cc(C(C)c2cn[nH]c2)c(=O)nc1SCc1ccc(F)cc1.CS(=O)(=O)O. The normalized spacial score (nSPS) is 11.9. The van der Waals surface area contributed by atoms with Gasteiger partial charge >= 0.3 is 0 Å². The second-order valence-corrected chi connectivity index (χ2v) is 15.2. The summed E-state index contributed by atoms with van der Waals surface area (Å²) in [5.41, 5.74) is 5.00. The van der Waals surface area contributed by atoms with Crippen LogP contribution >= 0.6 is 23.4 Å². The third kappa shape index (κ3) is 13.2. The molecule has 0 spiro atoms. The number of aromatic amines is 1. The van der Waals surface area contributed by atoms with Crippen molar-refractivity contribution in [1.29, 1.82) is 0 Å². The molecule has 1 unspecified atom stereocenters. The summed E-state index contributed by atoms with van der Waals surface area (Å²) in [6.45, 7) is 9.65. The number of hydrogen-bond donors (Lipinski definition) is 2. The standard InChI is InChI=1S/C37H40ClFN6O2S.CH4O3S/c1-4-43(5-2)18-19-44(22-27-6-10-29(11-7-27)30-12-14-32(38)15-13-30)35(46)24-45-23-34(26(3)31-20-40-41-21-31)36(47)42-37(45)48-25-28-8-16-33(39)17-9-28;1-5(2,3)4/h6-17,20-21,23,26H,4-5,18-19,22,24-25H2,1-3H3,(H,40,41);1H3,(H,2,3,4). The van der Waals surface area contributed by atoms with Crippen molar-refractivity contribution in [2.45, 2.75) is 50.7 Å². The first kappa shape index (κ1) is 41.4. The largest absolute Gasteiger partial charge is 0.336 e. The average Bonchev–Trinajstić information content (AvgIpc) is 3.67. The smallest absolute Gasteiger partial charge is 0.277 e. The van der Waals surface area contributed by atoms with Gasteiger partial charge in [0.15, 0.2) is 5.16 Å². The van der Waals surface area contributed by atoms with E-state index in [0.717, 1.165) is 47.5 Å². The highest BCUT2D eigenvalue weighted by molar-refractivity contribution is 7.98. The van der Waals surface area contributed by atoms with Crippen molar-refractivity contribution in [3.63, 3.8) is 0 Å². The minimum atomic E-state index is -3.67. The van der Waals surface area contributed by atoms with E-state index in [1.54, 1.807) is 35.3 Å². The Kier molecular flexibility index (Phi) is 15.4. The van der Waals surface area contributed by atoms with Crippen LogP contribution in [0.1, 0.15) is 48.9 Å². The lowest BCUT2D eigenvalue weighted by Gasteiger charge is -2.27. The first-order valence-electron chi connectivity index (χ1n) is 17.0. The monoisotopic (exact) mass is 782 g/mol. The van der Waals surface area contributed by atoms with Crippen LogP contribution in [0.2, 0.25) is 5.02 Å². The molecule has 5 aromatic rings. The summed E-state index contributed by atoms with van der Waals surface area (Å²) in [5, 5.41) is 7.96. The molecule has 0 aliphatic heterocycles. The number of thioether (sulfide) groups is 1. The quantitative estimate of drug-likeness (QED) is 0.0671. The van der Waals surface area contributed by atoms with Gasteiger partial charge in [-0.1, -0.05) is 92.7 Å². The van der Waals surface area contributed by atoms with Gasteiger partial charge in [-0.3, -0.25) is 19.2 Å². The fourth-order valence-corrected chi connectivity index (χ4v) is 6.47. The molecule has 0 fully saturated rings. The number of carbonyl (C=O) groups is 1. The molecule has 0 aliphatic rings. The van der Waals surface area contributed by atoms with E-state index >= 15 is 0 Å². The number of halogens is 2. The van der Waals surface area contributed by atoms with E-state index in [4.69, 9.17) is 16.2 Å². The molecule has 5 rings (SSSR count). The maximum atomic E-state index is 14.2. The fourth-order valence-electron chi connectivity index (χ4n) is 5.43. The molecule has 0 saturated carbocycles. The third-order valence-corrected chi connectivity index (χ3v) is 9.81. The highest BCUT2D eigenvalue weighted by Crippen LogP contribution is 2.26. The van der Waals surface area contributed by atoms with Crippen LogP contribution in [0.5, 0.6) is 0 Å². The van der Waals surface area contributed by atoms with Gasteiger partial charge in [-0.15, -0.1) is 0 Å². The van der Waals surface area contributed by atoms with E-state index in [0.29, 0.717) is 40.8 Å². The summed E-state index contributed by atoms with van der Waals surface area (Å²) >= 11 is 7.42. The van der Waals surface area contributed by atoms with E-state index in [1.165, 1.54) is 23.9 Å². The zero-order chi connectivity index (χ0) is 38.5. The van der Waals surface area contributed by atoms with Crippen LogP contribution in [0.25, 0.3) is 11.1 Å². The Morgan fingerprint density at radius 3 is 2.13 bits per heavy atom. The molecule has 2 N–H and O–H groups in total. The van der Waals surface area contributed by atoms with Gasteiger partial charge in [-0.05, 0) is 65.2 Å². The predicted octanol–water partition coefficient (Wildman–Crippen LogP) is 6.74. The second-order valence-electron chi connectivity index (χ2n) is 12.4. The molecular weight excluding hydrogens is 739 g/mol. The van der Waals surface area contributed by atoms with Gasteiger partial charge in [0.2, 0.25) is 5.91 Å². The summed E-state index contributed by atoms with van der Waals surface area (Å²) in [4.78, 5) is 36.1. The maximum absolute atomic E-state index is 14.2. The number of H-pyrrole nitrogens is 1. The topological polar surface area (TPSA) is 141 Å². The molecule has 3 aromatic carbocycles. The molecule has 2 aromatic heterocycles. The van der Waals surface area contributed by atoms with E-state index in [9.17, 15) is 22.4 Å². The van der Waals surface area contributed by atoms with Crippen molar-refractivity contribution in [3.8, 4) is 11.1 Å². The zero-order valence-corrected chi connectivity index (χ0v) is 32.5. The third-order valence-electron chi connectivity index (χ3n) is 8.50. The van der Waals surface area contributed by atoms with Crippen LogP contribution < -0.4 is 5.56 Å². The van der Waals surface area contributed by atoms with Crippen molar-refractivity contribution in [2.24, 2.45) is 0 Å². The summed E-state index contributed by atoms with van der Waals surface area (Å²) in [7, 11) is -3.67. The first-order valence-corrected chi connectivity index (χ1v) is 20.2. The van der Waals surface area contributed by atoms with Gasteiger partial charge < -0.3 is 14.4 Å². The number of amides is 1. The highest BCUT2D eigenvalue weighted by atomic mass is 35.5. The molecule has 0 bridgehead atoms. The van der Waals surface area contributed by atoms with Crippen LogP contribution in [0.3, 0.4) is 0 Å². The van der Waals surface area contributed by atoms with Crippen LogP contribution in [0.4, 0.5) is 4.39 Å². The van der Waals surface area contributed by atoms with Crippen LogP contribution in [0.15, 0.2) is 101 Å². The molecule has 0 saturated heterocycles. The summed E-state index contributed by atoms with van der Waals surface area (Å²) in [6, 6.07) is 22.2. The molecular formula is C38H44ClFN6O5S2. The van der Waals surface area contributed by atoms with Crippen LogP contribution in [-0.4, -0.2) is 80.9 Å². The maximum Gasteiger partial charge on any atom is 0.277 e. The molecule has 1 atom stereocenters. The number of likely N-dealkylation sites (N-methyl/N-ethyl adjacent to an activating group) is 1. The lowest BCUT2D eigenvalue weighted by Crippen LogP contribution is -2.40. The lowest BCUT2D eigenvalue weighted by atomic mass is 9.98. The number of carbonyl (C=O) groups excluding carboxylic acids is 1. The van der Waals surface area contributed by atoms with Gasteiger partial charge in [0.25, 0.3) is 15.7 Å². The number of nitrogens with zero attached hydrogens (tertiary/aromatic N) is 5. The van der Waals surface area contributed by atoms with Gasteiger partial charge in [-0.2, -0.15) is 18.5 Å². The summed E-state index contributed by atoms with van der Waals surface area (Å²) < 4.78 is 41.2.